The Morgan fingerprint density at radius 2 is 2.09 bits per heavy atom. The van der Waals surface area contributed by atoms with Crippen LogP contribution in [-0.2, 0) is 11.4 Å². The van der Waals surface area contributed by atoms with Gasteiger partial charge in [-0.3, -0.25) is 0 Å². The second kappa shape index (κ2) is 4.19. The maximum absolute atomic E-state index is 7.88. The van der Waals surface area contributed by atoms with E-state index < -0.39 is 0 Å². The lowest BCUT2D eigenvalue weighted by Crippen LogP contribution is -1.83. The summed E-state index contributed by atoms with van der Waals surface area (Å²) in [6.07, 6.45) is 0. The van der Waals surface area contributed by atoms with Crippen molar-refractivity contribution in [1.82, 2.24) is 0 Å². The highest BCUT2D eigenvalue weighted by Crippen LogP contribution is 1.99. The molecule has 0 heterocycles. The van der Waals surface area contributed by atoms with E-state index in [9.17, 15) is 0 Å². The fourth-order valence-electron chi connectivity index (χ4n) is 0.703. The molecule has 0 aliphatic carbocycles. The van der Waals surface area contributed by atoms with Crippen LogP contribution in [0, 0.1) is 0 Å². The molecule has 0 bridgehead atoms. The van der Waals surface area contributed by atoms with Crippen LogP contribution >= 0.6 is 0 Å². The Bertz CT molecular complexity index is 254. The molecule has 4 nitrogen and oxygen atoms in total. The third-order valence-electron chi connectivity index (χ3n) is 1.17. The summed E-state index contributed by atoms with van der Waals surface area (Å²) in [7, 11) is 0. The van der Waals surface area contributed by atoms with Crippen LogP contribution in [0.5, 0.6) is 0 Å². The van der Waals surface area contributed by atoms with Gasteiger partial charge in [-0.15, -0.1) is 0 Å². The molecule has 1 aromatic rings. The molecule has 11 heavy (non-hydrogen) atoms. The minimum absolute atomic E-state index is 0.324. The minimum atomic E-state index is 0.324. The molecular formula is C7H7N3O. The smallest absolute Gasteiger partial charge is 0.122 e. The SMILES string of the molecule is [N-]=[N+]=NOCc1ccccc1. The van der Waals surface area contributed by atoms with Crippen LogP contribution in [0.15, 0.2) is 35.6 Å². The largest absolute Gasteiger partial charge is 0.429 e. The fourth-order valence-corrected chi connectivity index (χ4v) is 0.703. The van der Waals surface area contributed by atoms with Gasteiger partial charge in [-0.1, -0.05) is 30.3 Å². The molecule has 1 rings (SSSR count). The Morgan fingerprint density at radius 1 is 1.36 bits per heavy atom. The van der Waals surface area contributed by atoms with Crippen molar-refractivity contribution in [2.75, 3.05) is 0 Å². The fraction of sp³-hybridized carbons (Fsp3) is 0.143. The molecule has 1 aromatic carbocycles. The average molecular weight is 149 g/mol. The van der Waals surface area contributed by atoms with Crippen molar-refractivity contribution in [2.24, 2.45) is 5.28 Å². The molecule has 0 N–H and O–H groups in total. The summed E-state index contributed by atoms with van der Waals surface area (Å²) < 4.78 is 0. The van der Waals surface area contributed by atoms with Crippen molar-refractivity contribution < 1.29 is 4.84 Å². The summed E-state index contributed by atoms with van der Waals surface area (Å²) in [4.78, 5) is 7.03. The van der Waals surface area contributed by atoms with E-state index in [0.717, 1.165) is 5.56 Å². The second-order valence-corrected chi connectivity index (χ2v) is 1.93. The van der Waals surface area contributed by atoms with Gasteiger partial charge in [0, 0.05) is 4.91 Å². The zero-order valence-corrected chi connectivity index (χ0v) is 5.84. The molecule has 0 aliphatic rings. The first-order chi connectivity index (χ1) is 5.43. The zero-order chi connectivity index (χ0) is 7.94. The first kappa shape index (κ1) is 7.44. The molecule has 0 saturated heterocycles. The van der Waals surface area contributed by atoms with Crippen molar-refractivity contribution in [3.05, 3.63) is 46.3 Å². The van der Waals surface area contributed by atoms with E-state index in [2.05, 4.69) is 15.0 Å². The second-order valence-electron chi connectivity index (χ2n) is 1.93. The first-order valence-electron chi connectivity index (χ1n) is 3.14. The van der Waals surface area contributed by atoms with E-state index in [4.69, 9.17) is 5.53 Å². The maximum Gasteiger partial charge on any atom is 0.122 e. The zero-order valence-electron chi connectivity index (χ0n) is 5.84. The van der Waals surface area contributed by atoms with Crippen LogP contribution in [0.4, 0.5) is 0 Å². The average Bonchev–Trinajstić information content (AvgIpc) is 2.07. The molecule has 0 fully saturated rings. The molecule has 4 heteroatoms. The Balaban J connectivity index is 2.45. The van der Waals surface area contributed by atoms with Gasteiger partial charge in [-0.05, 0) is 11.1 Å². The van der Waals surface area contributed by atoms with Gasteiger partial charge in [0.2, 0.25) is 0 Å². The molecule has 0 amide bonds. The van der Waals surface area contributed by atoms with Crippen LogP contribution < -0.4 is 0 Å². The van der Waals surface area contributed by atoms with Crippen LogP contribution in [0.25, 0.3) is 10.4 Å². The van der Waals surface area contributed by atoms with Gasteiger partial charge < -0.3 is 4.84 Å². The van der Waals surface area contributed by atoms with Crippen LogP contribution in [0.3, 0.4) is 0 Å². The lowest BCUT2D eigenvalue weighted by atomic mass is 10.2. The van der Waals surface area contributed by atoms with Crippen LogP contribution in [0.1, 0.15) is 5.56 Å². The predicted octanol–water partition coefficient (Wildman–Crippen LogP) is 2.43. The number of rotatable bonds is 3. The van der Waals surface area contributed by atoms with E-state index >= 15 is 0 Å². The molecule has 0 radical (unpaired) electrons. The monoisotopic (exact) mass is 149 g/mol. The Hall–Kier alpha value is -1.67. The third-order valence-corrected chi connectivity index (χ3v) is 1.17. The summed E-state index contributed by atoms with van der Waals surface area (Å²) in [5, 5.41) is 2.95. The Morgan fingerprint density at radius 3 is 2.73 bits per heavy atom. The molecule has 0 unspecified atom stereocenters. The highest BCUT2D eigenvalue weighted by molar-refractivity contribution is 5.13. The van der Waals surface area contributed by atoms with Crippen LogP contribution in [0.2, 0.25) is 0 Å². The maximum atomic E-state index is 7.88. The lowest BCUT2D eigenvalue weighted by Gasteiger charge is -1.96. The predicted molar refractivity (Wildman–Crippen MR) is 40.4 cm³/mol. The summed E-state index contributed by atoms with van der Waals surface area (Å²) >= 11 is 0. The van der Waals surface area contributed by atoms with E-state index in [-0.39, 0.29) is 0 Å². The van der Waals surface area contributed by atoms with Gasteiger partial charge in [0.25, 0.3) is 0 Å². The third kappa shape index (κ3) is 2.60. The lowest BCUT2D eigenvalue weighted by molar-refractivity contribution is 0.124. The molecule has 56 valence electrons. The summed E-state index contributed by atoms with van der Waals surface area (Å²) in [6, 6.07) is 9.50. The normalized spacial score (nSPS) is 8.36. The Kier molecular flexibility index (Phi) is 2.84. The van der Waals surface area contributed by atoms with Gasteiger partial charge in [-0.2, -0.15) is 0 Å². The number of benzene rings is 1. The van der Waals surface area contributed by atoms with Gasteiger partial charge in [0.15, 0.2) is 0 Å². The topological polar surface area (TPSA) is 58.0 Å². The van der Waals surface area contributed by atoms with Crippen molar-refractivity contribution in [1.29, 1.82) is 0 Å². The number of azide groups is 1. The van der Waals surface area contributed by atoms with E-state index in [1.165, 1.54) is 0 Å². The summed E-state index contributed by atoms with van der Waals surface area (Å²) in [6.45, 7) is 0.324. The quantitative estimate of drug-likeness (QED) is 0.282. The van der Waals surface area contributed by atoms with Gasteiger partial charge in [-0.25, -0.2) is 0 Å². The van der Waals surface area contributed by atoms with Crippen LogP contribution in [-0.4, -0.2) is 0 Å². The molecule has 0 aromatic heterocycles. The van der Waals surface area contributed by atoms with Crippen molar-refractivity contribution in [3.8, 4) is 0 Å². The minimum Gasteiger partial charge on any atom is -0.429 e. The van der Waals surface area contributed by atoms with Gasteiger partial charge in [0.1, 0.15) is 11.9 Å². The molecule has 0 atom stereocenters. The van der Waals surface area contributed by atoms with Gasteiger partial charge in [0.05, 0.1) is 0 Å². The van der Waals surface area contributed by atoms with Crippen molar-refractivity contribution in [2.45, 2.75) is 6.61 Å². The van der Waals surface area contributed by atoms with Gasteiger partial charge >= 0.3 is 0 Å². The van der Waals surface area contributed by atoms with Crippen molar-refractivity contribution in [3.63, 3.8) is 0 Å². The molecular weight excluding hydrogens is 142 g/mol. The van der Waals surface area contributed by atoms with E-state index in [1.807, 2.05) is 30.3 Å². The highest BCUT2D eigenvalue weighted by Gasteiger charge is 1.87. The summed E-state index contributed by atoms with van der Waals surface area (Å²) in [5.74, 6) is 0. The van der Waals surface area contributed by atoms with E-state index in [1.54, 1.807) is 0 Å². The molecule has 0 aliphatic heterocycles. The molecule has 0 saturated carbocycles. The Labute approximate surface area is 64.0 Å². The van der Waals surface area contributed by atoms with E-state index in [0.29, 0.717) is 6.61 Å². The standard InChI is InChI=1S/C7H7N3O/c8-9-10-11-6-7-4-2-1-3-5-7/h1-5H,6H2. The number of nitrogens with zero attached hydrogens (tertiary/aromatic N) is 3. The summed E-state index contributed by atoms with van der Waals surface area (Å²) in [5.41, 5.74) is 8.86. The molecule has 0 spiro atoms. The highest BCUT2D eigenvalue weighted by atomic mass is 16.6. The first-order valence-corrected chi connectivity index (χ1v) is 3.14. The number of hydrogen-bond donors (Lipinski definition) is 0. The number of hydrogen-bond acceptors (Lipinski definition) is 2. The van der Waals surface area contributed by atoms with Crippen molar-refractivity contribution >= 4 is 0 Å².